The molecule has 1 fully saturated rings. The summed E-state index contributed by atoms with van der Waals surface area (Å²) in [5.41, 5.74) is 6.33. The topological polar surface area (TPSA) is 32.5 Å². The number of likely N-dealkylation sites (N-methyl/N-ethyl adjacent to an activating group) is 1. The van der Waals surface area contributed by atoms with Crippen molar-refractivity contribution >= 4 is 0 Å². The second kappa shape index (κ2) is 6.17. The highest BCUT2D eigenvalue weighted by molar-refractivity contribution is 4.90. The number of hydrogen-bond donors (Lipinski definition) is 1. The van der Waals surface area contributed by atoms with Crippen LogP contribution in [0.1, 0.15) is 33.6 Å². The normalized spacial score (nSPS) is 27.0. The van der Waals surface area contributed by atoms with Crippen LogP contribution in [0.25, 0.3) is 0 Å². The summed E-state index contributed by atoms with van der Waals surface area (Å²) in [6.07, 6.45) is 2.38. The molecule has 17 heavy (non-hydrogen) atoms. The van der Waals surface area contributed by atoms with Crippen LogP contribution in [0.15, 0.2) is 0 Å². The zero-order valence-corrected chi connectivity index (χ0v) is 12.4. The van der Waals surface area contributed by atoms with Crippen LogP contribution in [-0.4, -0.2) is 56.1 Å². The van der Waals surface area contributed by atoms with E-state index in [0.717, 1.165) is 12.5 Å². The molecule has 0 aromatic heterocycles. The first-order chi connectivity index (χ1) is 7.98. The highest BCUT2D eigenvalue weighted by Gasteiger charge is 2.35. The standard InChI is InChI=1S/C14H31N3/c1-6-14(7-2,10-15)11-17-8-12(3)13(9-17)16(4)5/h12-13H,6-11,15H2,1-5H3. The van der Waals surface area contributed by atoms with Gasteiger partial charge < -0.3 is 15.5 Å². The van der Waals surface area contributed by atoms with Gasteiger partial charge in [0.05, 0.1) is 0 Å². The minimum atomic E-state index is 0.334. The van der Waals surface area contributed by atoms with Gasteiger partial charge in [0, 0.05) is 25.7 Å². The largest absolute Gasteiger partial charge is 0.330 e. The first-order valence-corrected chi connectivity index (χ1v) is 7.07. The molecule has 1 saturated heterocycles. The molecule has 0 amide bonds. The lowest BCUT2D eigenvalue weighted by Gasteiger charge is -2.34. The molecule has 0 aliphatic carbocycles. The van der Waals surface area contributed by atoms with Gasteiger partial charge >= 0.3 is 0 Å². The highest BCUT2D eigenvalue weighted by Crippen LogP contribution is 2.29. The van der Waals surface area contributed by atoms with Gasteiger partial charge in [0.15, 0.2) is 0 Å². The van der Waals surface area contributed by atoms with E-state index in [1.54, 1.807) is 0 Å². The maximum absolute atomic E-state index is 6.00. The monoisotopic (exact) mass is 241 g/mol. The molecule has 0 aromatic carbocycles. The van der Waals surface area contributed by atoms with Crippen LogP contribution in [0.3, 0.4) is 0 Å². The summed E-state index contributed by atoms with van der Waals surface area (Å²) in [6.45, 7) is 11.3. The summed E-state index contributed by atoms with van der Waals surface area (Å²) in [7, 11) is 4.39. The Hall–Kier alpha value is -0.120. The van der Waals surface area contributed by atoms with Crippen LogP contribution in [0.2, 0.25) is 0 Å². The number of nitrogens with zero attached hydrogens (tertiary/aromatic N) is 2. The van der Waals surface area contributed by atoms with Crippen molar-refractivity contribution in [2.75, 3.05) is 40.3 Å². The van der Waals surface area contributed by atoms with Crippen molar-refractivity contribution in [2.45, 2.75) is 39.7 Å². The van der Waals surface area contributed by atoms with E-state index in [1.807, 2.05) is 0 Å². The Balaban J connectivity index is 2.59. The molecular formula is C14H31N3. The molecule has 1 aliphatic heterocycles. The second-order valence-corrected chi connectivity index (χ2v) is 6.11. The van der Waals surface area contributed by atoms with E-state index in [2.05, 4.69) is 44.7 Å². The predicted octanol–water partition coefficient (Wildman–Crippen LogP) is 1.63. The molecule has 2 atom stereocenters. The Labute approximate surface area is 107 Å². The first kappa shape index (κ1) is 14.9. The lowest BCUT2D eigenvalue weighted by Crippen LogP contribution is -2.42. The third kappa shape index (κ3) is 3.43. The molecule has 2 unspecified atom stereocenters. The Kier molecular flexibility index (Phi) is 5.42. The molecule has 0 spiro atoms. The van der Waals surface area contributed by atoms with Gasteiger partial charge in [-0.05, 0) is 44.8 Å². The van der Waals surface area contributed by atoms with Crippen LogP contribution < -0.4 is 5.73 Å². The SMILES string of the molecule is CCC(CC)(CN)CN1CC(C)C(N(C)C)C1. The van der Waals surface area contributed by atoms with E-state index in [1.165, 1.54) is 32.5 Å². The van der Waals surface area contributed by atoms with Gasteiger partial charge in [-0.15, -0.1) is 0 Å². The number of nitrogens with two attached hydrogens (primary N) is 1. The van der Waals surface area contributed by atoms with Crippen LogP contribution in [0.5, 0.6) is 0 Å². The lowest BCUT2D eigenvalue weighted by molar-refractivity contribution is 0.157. The average molecular weight is 241 g/mol. The van der Waals surface area contributed by atoms with E-state index in [9.17, 15) is 0 Å². The molecule has 0 aromatic rings. The number of likely N-dealkylation sites (tertiary alicyclic amines) is 1. The molecule has 3 heteroatoms. The van der Waals surface area contributed by atoms with Crippen LogP contribution in [-0.2, 0) is 0 Å². The molecule has 2 N–H and O–H groups in total. The van der Waals surface area contributed by atoms with Crippen molar-refractivity contribution in [1.82, 2.24) is 9.80 Å². The van der Waals surface area contributed by atoms with E-state index < -0.39 is 0 Å². The Morgan fingerprint density at radius 1 is 1.24 bits per heavy atom. The van der Waals surface area contributed by atoms with Gasteiger partial charge in [-0.2, -0.15) is 0 Å². The molecule has 102 valence electrons. The van der Waals surface area contributed by atoms with Crippen LogP contribution >= 0.6 is 0 Å². The van der Waals surface area contributed by atoms with Crippen LogP contribution in [0.4, 0.5) is 0 Å². The van der Waals surface area contributed by atoms with Crippen molar-refractivity contribution in [3.05, 3.63) is 0 Å². The highest BCUT2D eigenvalue weighted by atomic mass is 15.2. The Bertz CT molecular complexity index is 215. The fourth-order valence-electron chi connectivity index (χ4n) is 3.15. The molecular weight excluding hydrogens is 210 g/mol. The summed E-state index contributed by atoms with van der Waals surface area (Å²) in [5, 5.41) is 0. The van der Waals surface area contributed by atoms with Gasteiger partial charge in [-0.3, -0.25) is 0 Å². The predicted molar refractivity (Wildman–Crippen MR) is 75.1 cm³/mol. The summed E-state index contributed by atoms with van der Waals surface area (Å²) >= 11 is 0. The van der Waals surface area contributed by atoms with E-state index in [0.29, 0.717) is 11.5 Å². The summed E-state index contributed by atoms with van der Waals surface area (Å²) in [6, 6.07) is 0.708. The van der Waals surface area contributed by atoms with Crippen molar-refractivity contribution in [2.24, 2.45) is 17.1 Å². The Morgan fingerprint density at radius 2 is 1.82 bits per heavy atom. The van der Waals surface area contributed by atoms with Crippen molar-refractivity contribution < 1.29 is 0 Å². The zero-order valence-electron chi connectivity index (χ0n) is 12.4. The third-order valence-corrected chi connectivity index (χ3v) is 4.80. The molecule has 3 nitrogen and oxygen atoms in total. The summed E-state index contributed by atoms with van der Waals surface area (Å²) < 4.78 is 0. The molecule has 1 heterocycles. The number of rotatable bonds is 6. The maximum atomic E-state index is 6.00. The third-order valence-electron chi connectivity index (χ3n) is 4.80. The Morgan fingerprint density at radius 3 is 2.18 bits per heavy atom. The minimum Gasteiger partial charge on any atom is -0.330 e. The van der Waals surface area contributed by atoms with Gasteiger partial charge in [-0.1, -0.05) is 20.8 Å². The zero-order chi connectivity index (χ0) is 13.1. The maximum Gasteiger partial charge on any atom is 0.0254 e. The molecule has 0 bridgehead atoms. The van der Waals surface area contributed by atoms with Gasteiger partial charge in [0.2, 0.25) is 0 Å². The van der Waals surface area contributed by atoms with Gasteiger partial charge in [0.25, 0.3) is 0 Å². The fourth-order valence-corrected chi connectivity index (χ4v) is 3.15. The van der Waals surface area contributed by atoms with Gasteiger partial charge in [-0.25, -0.2) is 0 Å². The molecule has 1 aliphatic rings. The van der Waals surface area contributed by atoms with E-state index in [4.69, 9.17) is 5.73 Å². The number of hydrogen-bond acceptors (Lipinski definition) is 3. The molecule has 0 radical (unpaired) electrons. The minimum absolute atomic E-state index is 0.334. The summed E-state index contributed by atoms with van der Waals surface area (Å²) in [4.78, 5) is 4.99. The smallest absolute Gasteiger partial charge is 0.0254 e. The fraction of sp³-hybridized carbons (Fsp3) is 1.00. The molecule has 0 saturated carbocycles. The van der Waals surface area contributed by atoms with Crippen LogP contribution in [0, 0.1) is 11.3 Å². The average Bonchev–Trinajstić information content (AvgIpc) is 2.67. The van der Waals surface area contributed by atoms with Gasteiger partial charge in [0.1, 0.15) is 0 Å². The van der Waals surface area contributed by atoms with E-state index >= 15 is 0 Å². The lowest BCUT2D eigenvalue weighted by atomic mass is 9.82. The van der Waals surface area contributed by atoms with Crippen molar-refractivity contribution in [3.63, 3.8) is 0 Å². The van der Waals surface area contributed by atoms with E-state index in [-0.39, 0.29) is 0 Å². The quantitative estimate of drug-likeness (QED) is 0.767. The van der Waals surface area contributed by atoms with Crippen molar-refractivity contribution in [1.29, 1.82) is 0 Å². The van der Waals surface area contributed by atoms with Crippen molar-refractivity contribution in [3.8, 4) is 0 Å². The first-order valence-electron chi connectivity index (χ1n) is 7.07. The molecule has 1 rings (SSSR count). The second-order valence-electron chi connectivity index (χ2n) is 6.11. The summed E-state index contributed by atoms with van der Waals surface area (Å²) in [5.74, 6) is 0.772.